The van der Waals surface area contributed by atoms with E-state index in [0.717, 1.165) is 0 Å². The van der Waals surface area contributed by atoms with E-state index in [0.29, 0.717) is 19.1 Å². The third-order valence-corrected chi connectivity index (χ3v) is 2.22. The SMILES string of the molecule is CCOC(=O)[C@H]1[C@H](C)[C@@H]1OCC. The lowest BCUT2D eigenvalue weighted by atomic mass is 10.3. The van der Waals surface area contributed by atoms with Crippen molar-refractivity contribution in [3.8, 4) is 0 Å². The van der Waals surface area contributed by atoms with Crippen LogP contribution in [0.1, 0.15) is 20.8 Å². The first-order valence-corrected chi connectivity index (χ1v) is 4.50. The molecule has 0 unspecified atom stereocenters. The molecule has 1 aliphatic carbocycles. The normalized spacial score (nSPS) is 33.1. The Morgan fingerprint density at radius 3 is 2.50 bits per heavy atom. The molecule has 3 heteroatoms. The molecule has 0 aromatic rings. The van der Waals surface area contributed by atoms with Crippen LogP contribution in [0.5, 0.6) is 0 Å². The van der Waals surface area contributed by atoms with Crippen molar-refractivity contribution in [3.63, 3.8) is 0 Å². The first-order valence-electron chi connectivity index (χ1n) is 4.50. The van der Waals surface area contributed by atoms with Gasteiger partial charge in [-0.3, -0.25) is 4.79 Å². The fourth-order valence-electron chi connectivity index (χ4n) is 1.46. The molecule has 3 nitrogen and oxygen atoms in total. The van der Waals surface area contributed by atoms with Crippen LogP contribution < -0.4 is 0 Å². The van der Waals surface area contributed by atoms with Crippen molar-refractivity contribution < 1.29 is 14.3 Å². The zero-order valence-corrected chi connectivity index (χ0v) is 7.87. The quantitative estimate of drug-likeness (QED) is 0.598. The van der Waals surface area contributed by atoms with Gasteiger partial charge in [-0.1, -0.05) is 6.92 Å². The molecule has 0 radical (unpaired) electrons. The van der Waals surface area contributed by atoms with E-state index in [-0.39, 0.29) is 18.0 Å². The summed E-state index contributed by atoms with van der Waals surface area (Å²) in [4.78, 5) is 11.2. The molecule has 70 valence electrons. The van der Waals surface area contributed by atoms with E-state index >= 15 is 0 Å². The molecule has 0 heterocycles. The van der Waals surface area contributed by atoms with Gasteiger partial charge in [-0.25, -0.2) is 0 Å². The number of carbonyl (C=O) groups is 1. The molecule has 0 bridgehead atoms. The minimum atomic E-state index is -0.108. The van der Waals surface area contributed by atoms with E-state index in [1.54, 1.807) is 0 Å². The fourth-order valence-corrected chi connectivity index (χ4v) is 1.46. The number of hydrogen-bond acceptors (Lipinski definition) is 3. The lowest BCUT2D eigenvalue weighted by Gasteiger charge is -1.99. The summed E-state index contributed by atoms with van der Waals surface area (Å²) in [6.45, 7) is 6.90. The Morgan fingerprint density at radius 2 is 2.00 bits per heavy atom. The minimum Gasteiger partial charge on any atom is -0.466 e. The molecular weight excluding hydrogens is 156 g/mol. The molecule has 1 rings (SSSR count). The van der Waals surface area contributed by atoms with Gasteiger partial charge in [-0.2, -0.15) is 0 Å². The minimum absolute atomic E-state index is 0.00935. The van der Waals surface area contributed by atoms with E-state index in [9.17, 15) is 4.79 Å². The standard InChI is InChI=1S/C9H16O3/c1-4-11-8-6(3)7(8)9(10)12-5-2/h6-8H,4-5H2,1-3H3/t6-,7-,8-/m0/s1. The topological polar surface area (TPSA) is 35.5 Å². The summed E-state index contributed by atoms with van der Waals surface area (Å²) in [6, 6.07) is 0. The highest BCUT2D eigenvalue weighted by Crippen LogP contribution is 2.42. The summed E-state index contributed by atoms with van der Waals surface area (Å²) in [5, 5.41) is 0. The molecule has 1 fully saturated rings. The maximum Gasteiger partial charge on any atom is 0.311 e. The Labute approximate surface area is 73.0 Å². The van der Waals surface area contributed by atoms with Crippen LogP contribution in [0.3, 0.4) is 0 Å². The Hall–Kier alpha value is -0.570. The van der Waals surface area contributed by atoms with Crippen LogP contribution in [-0.4, -0.2) is 25.3 Å². The molecule has 0 aliphatic heterocycles. The van der Waals surface area contributed by atoms with Crippen molar-refractivity contribution in [3.05, 3.63) is 0 Å². The molecule has 0 aromatic heterocycles. The van der Waals surface area contributed by atoms with Crippen molar-refractivity contribution in [1.29, 1.82) is 0 Å². The monoisotopic (exact) mass is 172 g/mol. The van der Waals surface area contributed by atoms with Gasteiger partial charge < -0.3 is 9.47 Å². The molecule has 0 amide bonds. The maximum atomic E-state index is 11.2. The van der Waals surface area contributed by atoms with Crippen LogP contribution in [-0.2, 0) is 14.3 Å². The van der Waals surface area contributed by atoms with Gasteiger partial charge in [0, 0.05) is 6.61 Å². The Bertz CT molecular complexity index is 167. The highest BCUT2D eigenvalue weighted by atomic mass is 16.5. The van der Waals surface area contributed by atoms with Crippen molar-refractivity contribution in [2.24, 2.45) is 11.8 Å². The summed E-state index contributed by atoms with van der Waals surface area (Å²) in [5.41, 5.74) is 0. The summed E-state index contributed by atoms with van der Waals surface area (Å²) in [5.74, 6) is 0.220. The molecule has 1 saturated carbocycles. The van der Waals surface area contributed by atoms with E-state index in [2.05, 4.69) is 0 Å². The average Bonchev–Trinajstić information content (AvgIpc) is 2.63. The maximum absolute atomic E-state index is 11.2. The lowest BCUT2D eigenvalue weighted by Crippen LogP contribution is -2.10. The van der Waals surface area contributed by atoms with Crippen molar-refractivity contribution in [1.82, 2.24) is 0 Å². The number of esters is 1. The van der Waals surface area contributed by atoms with Crippen LogP contribution in [0, 0.1) is 11.8 Å². The van der Waals surface area contributed by atoms with Crippen LogP contribution in [0.2, 0.25) is 0 Å². The van der Waals surface area contributed by atoms with Crippen LogP contribution in [0.15, 0.2) is 0 Å². The smallest absolute Gasteiger partial charge is 0.311 e. The summed E-state index contributed by atoms with van der Waals surface area (Å²) >= 11 is 0. The first-order chi connectivity index (χ1) is 5.72. The summed E-state index contributed by atoms with van der Waals surface area (Å²) < 4.78 is 10.2. The molecule has 1 aliphatic rings. The van der Waals surface area contributed by atoms with Crippen LogP contribution in [0.25, 0.3) is 0 Å². The molecular formula is C9H16O3. The predicted molar refractivity (Wildman–Crippen MR) is 44.7 cm³/mol. The van der Waals surface area contributed by atoms with E-state index in [1.807, 2.05) is 20.8 Å². The second-order valence-corrected chi connectivity index (χ2v) is 3.06. The second kappa shape index (κ2) is 3.90. The van der Waals surface area contributed by atoms with Gasteiger partial charge >= 0.3 is 5.97 Å². The number of ether oxygens (including phenoxy) is 2. The molecule has 12 heavy (non-hydrogen) atoms. The van der Waals surface area contributed by atoms with E-state index < -0.39 is 0 Å². The third kappa shape index (κ3) is 1.78. The summed E-state index contributed by atoms with van der Waals surface area (Å²) in [7, 11) is 0. The van der Waals surface area contributed by atoms with Gasteiger partial charge in [0.25, 0.3) is 0 Å². The van der Waals surface area contributed by atoms with E-state index in [1.165, 1.54) is 0 Å². The molecule has 0 aromatic carbocycles. The fraction of sp³-hybridized carbons (Fsp3) is 0.889. The molecule has 3 atom stereocenters. The lowest BCUT2D eigenvalue weighted by molar-refractivity contribution is -0.145. The van der Waals surface area contributed by atoms with Crippen molar-refractivity contribution >= 4 is 5.97 Å². The molecule has 0 saturated heterocycles. The first kappa shape index (κ1) is 9.52. The average molecular weight is 172 g/mol. The number of hydrogen-bond donors (Lipinski definition) is 0. The van der Waals surface area contributed by atoms with Gasteiger partial charge in [0.1, 0.15) is 0 Å². The van der Waals surface area contributed by atoms with Crippen molar-refractivity contribution in [2.45, 2.75) is 26.9 Å². The number of rotatable bonds is 4. The Balaban J connectivity index is 2.31. The van der Waals surface area contributed by atoms with Gasteiger partial charge in [0.05, 0.1) is 18.6 Å². The number of carbonyl (C=O) groups excluding carboxylic acids is 1. The van der Waals surface area contributed by atoms with Crippen molar-refractivity contribution in [2.75, 3.05) is 13.2 Å². The zero-order valence-electron chi connectivity index (χ0n) is 7.87. The largest absolute Gasteiger partial charge is 0.466 e. The molecule has 0 spiro atoms. The highest BCUT2D eigenvalue weighted by Gasteiger charge is 2.53. The van der Waals surface area contributed by atoms with Crippen LogP contribution >= 0.6 is 0 Å². The van der Waals surface area contributed by atoms with Gasteiger partial charge in [-0.15, -0.1) is 0 Å². The van der Waals surface area contributed by atoms with Gasteiger partial charge in [-0.05, 0) is 19.8 Å². The highest BCUT2D eigenvalue weighted by molar-refractivity contribution is 5.77. The zero-order chi connectivity index (χ0) is 9.14. The Morgan fingerprint density at radius 1 is 1.33 bits per heavy atom. The second-order valence-electron chi connectivity index (χ2n) is 3.06. The van der Waals surface area contributed by atoms with Gasteiger partial charge in [0.2, 0.25) is 0 Å². The van der Waals surface area contributed by atoms with Gasteiger partial charge in [0.15, 0.2) is 0 Å². The van der Waals surface area contributed by atoms with Crippen LogP contribution in [0.4, 0.5) is 0 Å². The summed E-state index contributed by atoms with van der Waals surface area (Å²) in [6.07, 6.45) is 0.106. The Kier molecular flexibility index (Phi) is 3.09. The molecule has 0 N–H and O–H groups in total. The third-order valence-electron chi connectivity index (χ3n) is 2.22. The van der Waals surface area contributed by atoms with E-state index in [4.69, 9.17) is 9.47 Å². The predicted octanol–water partition coefficient (Wildman–Crippen LogP) is 1.22.